The third kappa shape index (κ3) is 4.00. The van der Waals surface area contributed by atoms with Gasteiger partial charge in [0.05, 0.1) is 6.42 Å². The number of carboxylic acid groups (broad SMARTS) is 1. The fourth-order valence-corrected chi connectivity index (χ4v) is 1.64. The van der Waals surface area contributed by atoms with Gasteiger partial charge in [0.15, 0.2) is 5.78 Å². The van der Waals surface area contributed by atoms with Crippen LogP contribution < -0.4 is 5.73 Å². The van der Waals surface area contributed by atoms with Crippen molar-refractivity contribution < 1.29 is 14.7 Å². The van der Waals surface area contributed by atoms with Gasteiger partial charge in [0.2, 0.25) is 0 Å². The maximum Gasteiger partial charge on any atom is 0.304 e. The molecule has 0 spiro atoms. The van der Waals surface area contributed by atoms with Gasteiger partial charge in [0.1, 0.15) is 0 Å². The lowest BCUT2D eigenvalue weighted by Crippen LogP contribution is -2.15. The summed E-state index contributed by atoms with van der Waals surface area (Å²) in [7, 11) is 0. The van der Waals surface area contributed by atoms with E-state index in [4.69, 9.17) is 10.8 Å². The minimum absolute atomic E-state index is 0.133. The van der Waals surface area contributed by atoms with Gasteiger partial charge in [-0.25, -0.2) is 0 Å². The number of aliphatic carboxylic acids is 1. The smallest absolute Gasteiger partial charge is 0.304 e. The van der Waals surface area contributed by atoms with Crippen LogP contribution in [0.1, 0.15) is 29.3 Å². The number of Topliss-reactive ketones (excluding diaryl/α,β-unsaturated/α-hetero) is 1. The Kier molecular flexibility index (Phi) is 4.84. The number of rotatable bonds is 6. The van der Waals surface area contributed by atoms with Crippen LogP contribution in [0.25, 0.3) is 0 Å². The van der Waals surface area contributed by atoms with Gasteiger partial charge >= 0.3 is 5.97 Å². The van der Waals surface area contributed by atoms with Crippen LogP contribution in [0.2, 0.25) is 0 Å². The van der Waals surface area contributed by atoms with Crippen molar-refractivity contribution in [3.05, 3.63) is 35.4 Å². The molecule has 3 N–H and O–H groups in total. The molecule has 1 atom stereocenters. The second kappa shape index (κ2) is 6.15. The zero-order chi connectivity index (χ0) is 12.8. The molecule has 0 aromatic heterocycles. The zero-order valence-corrected chi connectivity index (χ0v) is 9.85. The Balaban J connectivity index is 2.72. The number of nitrogens with two attached hydrogens (primary N) is 1. The zero-order valence-electron chi connectivity index (χ0n) is 9.85. The van der Waals surface area contributed by atoms with Gasteiger partial charge in [-0.3, -0.25) is 9.59 Å². The summed E-state index contributed by atoms with van der Waals surface area (Å²) in [6, 6.07) is 7.17. The van der Waals surface area contributed by atoms with Crippen LogP contribution in [0.15, 0.2) is 24.3 Å². The van der Waals surface area contributed by atoms with Crippen molar-refractivity contribution in [2.75, 3.05) is 6.54 Å². The first-order valence-corrected chi connectivity index (χ1v) is 5.59. The number of benzene rings is 1. The van der Waals surface area contributed by atoms with E-state index in [1.54, 1.807) is 19.1 Å². The van der Waals surface area contributed by atoms with E-state index in [1.165, 1.54) is 0 Å². The maximum atomic E-state index is 11.9. The maximum absolute atomic E-state index is 11.9. The Morgan fingerprint density at radius 1 is 1.29 bits per heavy atom. The Hall–Kier alpha value is -1.68. The predicted octanol–water partition coefficient (Wildman–Crippen LogP) is 1.48. The van der Waals surface area contributed by atoms with E-state index < -0.39 is 11.9 Å². The minimum Gasteiger partial charge on any atom is -0.481 e. The highest BCUT2D eigenvalue weighted by molar-refractivity contribution is 5.99. The van der Waals surface area contributed by atoms with Crippen molar-refractivity contribution >= 4 is 11.8 Å². The van der Waals surface area contributed by atoms with E-state index in [0.717, 1.165) is 12.0 Å². The van der Waals surface area contributed by atoms with Gasteiger partial charge in [-0.15, -0.1) is 0 Å². The molecule has 0 aliphatic heterocycles. The highest BCUT2D eigenvalue weighted by atomic mass is 16.4. The summed E-state index contributed by atoms with van der Waals surface area (Å²) in [6.45, 7) is 2.20. The molecule has 0 aliphatic carbocycles. The largest absolute Gasteiger partial charge is 0.481 e. The van der Waals surface area contributed by atoms with E-state index in [9.17, 15) is 9.59 Å². The average Bonchev–Trinajstić information content (AvgIpc) is 2.28. The van der Waals surface area contributed by atoms with Crippen molar-refractivity contribution in [1.82, 2.24) is 0 Å². The highest BCUT2D eigenvalue weighted by Gasteiger charge is 2.17. The summed E-state index contributed by atoms with van der Waals surface area (Å²) in [6.07, 6.45) is 0.641. The number of hydrogen-bond acceptors (Lipinski definition) is 3. The molecule has 0 aliphatic rings. The first kappa shape index (κ1) is 13.4. The average molecular weight is 235 g/mol. The fraction of sp³-hybridized carbons (Fsp3) is 0.385. The highest BCUT2D eigenvalue weighted by Crippen LogP contribution is 2.13. The molecule has 0 saturated heterocycles. The fourth-order valence-electron chi connectivity index (χ4n) is 1.64. The molecule has 0 bridgehead atoms. The Morgan fingerprint density at radius 3 is 2.35 bits per heavy atom. The molecule has 17 heavy (non-hydrogen) atoms. The lowest BCUT2D eigenvalue weighted by molar-refractivity contribution is -0.137. The summed E-state index contributed by atoms with van der Waals surface area (Å²) in [5, 5.41) is 8.63. The Labute approximate surface area is 100 Å². The van der Waals surface area contributed by atoms with Gasteiger partial charge < -0.3 is 10.8 Å². The first-order valence-electron chi connectivity index (χ1n) is 5.59. The number of carbonyl (C=O) groups is 2. The topological polar surface area (TPSA) is 80.4 Å². The predicted molar refractivity (Wildman–Crippen MR) is 64.9 cm³/mol. The molecule has 1 rings (SSSR count). The molecule has 0 amide bonds. The summed E-state index contributed by atoms with van der Waals surface area (Å²) in [5.41, 5.74) is 7.06. The second-order valence-corrected chi connectivity index (χ2v) is 4.10. The molecule has 1 aromatic rings. The molecule has 4 heteroatoms. The third-order valence-electron chi connectivity index (χ3n) is 2.60. The van der Waals surface area contributed by atoms with Gasteiger partial charge in [-0.2, -0.15) is 0 Å². The molecule has 1 aromatic carbocycles. The van der Waals surface area contributed by atoms with Gasteiger partial charge in [-0.05, 0) is 18.5 Å². The van der Waals surface area contributed by atoms with Crippen LogP contribution in [0.5, 0.6) is 0 Å². The van der Waals surface area contributed by atoms with Crippen LogP contribution >= 0.6 is 0 Å². The van der Waals surface area contributed by atoms with E-state index in [-0.39, 0.29) is 12.2 Å². The van der Waals surface area contributed by atoms with E-state index in [0.29, 0.717) is 12.1 Å². The summed E-state index contributed by atoms with van der Waals surface area (Å²) >= 11 is 0. The first-order chi connectivity index (χ1) is 8.04. The van der Waals surface area contributed by atoms with Crippen LogP contribution in [-0.4, -0.2) is 23.4 Å². The van der Waals surface area contributed by atoms with Crippen LogP contribution in [-0.2, 0) is 11.2 Å². The molecule has 0 saturated carbocycles. The standard InChI is InChI=1S/C13H17NO3/c1-9(8-12(15)16)13(17)11-4-2-10(3-5-11)6-7-14/h2-5,9H,6-8,14H2,1H3,(H,15,16). The monoisotopic (exact) mass is 235 g/mol. The SMILES string of the molecule is CC(CC(=O)O)C(=O)c1ccc(CCN)cc1. The summed E-state index contributed by atoms with van der Waals surface area (Å²) < 4.78 is 0. The molecule has 0 heterocycles. The van der Waals surface area contributed by atoms with Gasteiger partial charge in [0.25, 0.3) is 0 Å². The molecular weight excluding hydrogens is 218 g/mol. The van der Waals surface area contributed by atoms with Crippen molar-refractivity contribution in [3.63, 3.8) is 0 Å². The van der Waals surface area contributed by atoms with Crippen LogP contribution in [0.3, 0.4) is 0 Å². The van der Waals surface area contributed by atoms with Gasteiger partial charge in [-0.1, -0.05) is 31.2 Å². The molecule has 0 radical (unpaired) electrons. The minimum atomic E-state index is -0.953. The molecule has 4 nitrogen and oxygen atoms in total. The lowest BCUT2D eigenvalue weighted by atomic mass is 9.95. The number of carboxylic acids is 1. The molecule has 92 valence electrons. The quantitative estimate of drug-likeness (QED) is 0.732. The van der Waals surface area contributed by atoms with E-state index in [1.807, 2.05) is 12.1 Å². The van der Waals surface area contributed by atoms with E-state index in [2.05, 4.69) is 0 Å². The molecule has 0 fully saturated rings. The molecular formula is C13H17NO3. The lowest BCUT2D eigenvalue weighted by Gasteiger charge is -2.08. The van der Waals surface area contributed by atoms with E-state index >= 15 is 0 Å². The third-order valence-corrected chi connectivity index (χ3v) is 2.60. The summed E-state index contributed by atoms with van der Waals surface area (Å²) in [5.74, 6) is -1.58. The van der Waals surface area contributed by atoms with Crippen molar-refractivity contribution in [2.45, 2.75) is 19.8 Å². The van der Waals surface area contributed by atoms with Crippen LogP contribution in [0, 0.1) is 5.92 Å². The van der Waals surface area contributed by atoms with Gasteiger partial charge in [0, 0.05) is 11.5 Å². The normalized spacial score (nSPS) is 12.1. The number of hydrogen-bond donors (Lipinski definition) is 2. The number of carbonyl (C=O) groups excluding carboxylic acids is 1. The van der Waals surface area contributed by atoms with Crippen LogP contribution in [0.4, 0.5) is 0 Å². The second-order valence-electron chi connectivity index (χ2n) is 4.10. The summed E-state index contributed by atoms with van der Waals surface area (Å²) in [4.78, 5) is 22.4. The van der Waals surface area contributed by atoms with Crippen molar-refractivity contribution in [3.8, 4) is 0 Å². The Bertz CT molecular complexity index is 398. The number of ketones is 1. The molecule has 1 unspecified atom stereocenters. The van der Waals surface area contributed by atoms with Crippen molar-refractivity contribution in [2.24, 2.45) is 11.7 Å². The van der Waals surface area contributed by atoms with Crippen molar-refractivity contribution in [1.29, 1.82) is 0 Å². The Morgan fingerprint density at radius 2 is 1.88 bits per heavy atom.